The Morgan fingerprint density at radius 2 is 2.00 bits per heavy atom. The molecule has 1 aromatic rings. The van der Waals surface area contributed by atoms with Crippen molar-refractivity contribution in [2.24, 2.45) is 5.73 Å². The summed E-state index contributed by atoms with van der Waals surface area (Å²) in [5, 5.41) is 3.88. The van der Waals surface area contributed by atoms with Crippen LogP contribution in [0.5, 0.6) is 0 Å². The third kappa shape index (κ3) is 3.61. The maximum absolute atomic E-state index is 6.40. The van der Waals surface area contributed by atoms with Crippen molar-refractivity contribution < 1.29 is 0 Å². The predicted molar refractivity (Wildman–Crippen MR) is 118 cm³/mol. The molecule has 2 aliphatic rings. The molecule has 144 valence electrons. The van der Waals surface area contributed by atoms with Crippen LogP contribution in [0.2, 0.25) is 0 Å². The number of nitrogens with one attached hydrogen (secondary N) is 1. The van der Waals surface area contributed by atoms with Crippen molar-refractivity contribution in [2.75, 3.05) is 0 Å². The van der Waals surface area contributed by atoms with E-state index >= 15 is 0 Å². The second-order valence-electron chi connectivity index (χ2n) is 7.93. The van der Waals surface area contributed by atoms with E-state index in [-0.39, 0.29) is 16.8 Å². The van der Waals surface area contributed by atoms with Gasteiger partial charge in [0, 0.05) is 16.1 Å². The van der Waals surface area contributed by atoms with Gasteiger partial charge in [-0.05, 0) is 32.3 Å². The van der Waals surface area contributed by atoms with Crippen LogP contribution < -0.4 is 11.1 Å². The van der Waals surface area contributed by atoms with Gasteiger partial charge in [0.05, 0.1) is 18.1 Å². The highest BCUT2D eigenvalue weighted by atomic mass is 32.2. The Balaban J connectivity index is 1.69. The second-order valence-corrected chi connectivity index (χ2v) is 9.71. The third-order valence-electron chi connectivity index (χ3n) is 5.54. The molecule has 2 saturated heterocycles. The zero-order valence-electron chi connectivity index (χ0n) is 16.4. The summed E-state index contributed by atoms with van der Waals surface area (Å²) in [6.07, 6.45) is 3.89. The van der Waals surface area contributed by atoms with Gasteiger partial charge in [-0.1, -0.05) is 61.7 Å². The van der Waals surface area contributed by atoms with Crippen molar-refractivity contribution in [3.8, 4) is 0 Å². The summed E-state index contributed by atoms with van der Waals surface area (Å²) in [6.45, 7) is 21.4. The van der Waals surface area contributed by atoms with E-state index in [0.29, 0.717) is 11.4 Å². The quantitative estimate of drug-likeness (QED) is 0.639. The van der Waals surface area contributed by atoms with Crippen molar-refractivity contribution in [3.63, 3.8) is 0 Å². The Labute approximate surface area is 168 Å². The Bertz CT molecular complexity index is 752. The van der Waals surface area contributed by atoms with Gasteiger partial charge < -0.3 is 16.0 Å². The molecule has 3 nitrogen and oxygen atoms in total. The Kier molecular flexibility index (Phi) is 5.59. The lowest BCUT2D eigenvalue weighted by molar-refractivity contribution is 0.145. The molecule has 2 heterocycles. The van der Waals surface area contributed by atoms with E-state index in [4.69, 9.17) is 5.73 Å². The molecule has 0 spiro atoms. The smallest absolute Gasteiger partial charge is 0.102 e. The molecular formula is C23H31N3S. The number of hydrogen-bond acceptors (Lipinski definition) is 4. The highest BCUT2D eigenvalue weighted by molar-refractivity contribution is 8.01. The molecule has 0 amide bonds. The number of thioether (sulfide) groups is 1. The lowest BCUT2D eigenvalue weighted by atomic mass is 9.87. The molecule has 0 bridgehead atoms. The summed E-state index contributed by atoms with van der Waals surface area (Å²) in [6, 6.07) is 10.3. The Morgan fingerprint density at radius 1 is 1.33 bits per heavy atom. The highest BCUT2D eigenvalue weighted by Gasteiger charge is 2.58. The van der Waals surface area contributed by atoms with Gasteiger partial charge in [-0.3, -0.25) is 0 Å². The molecule has 3 rings (SSSR count). The molecule has 4 unspecified atom stereocenters. The van der Waals surface area contributed by atoms with Crippen molar-refractivity contribution in [3.05, 3.63) is 85.3 Å². The maximum Gasteiger partial charge on any atom is 0.102 e. The van der Waals surface area contributed by atoms with Crippen LogP contribution >= 0.6 is 11.8 Å². The van der Waals surface area contributed by atoms with Gasteiger partial charge in [0.25, 0.3) is 0 Å². The molecule has 0 radical (unpaired) electrons. The van der Waals surface area contributed by atoms with Crippen LogP contribution in [-0.2, 0) is 0 Å². The average Bonchev–Trinajstić information content (AvgIpc) is 2.92. The van der Waals surface area contributed by atoms with Gasteiger partial charge in [0.15, 0.2) is 0 Å². The van der Waals surface area contributed by atoms with Crippen LogP contribution in [0.1, 0.15) is 38.3 Å². The number of benzene rings is 1. The summed E-state index contributed by atoms with van der Waals surface area (Å²) in [5.41, 5.74) is 10.7. The van der Waals surface area contributed by atoms with Crippen LogP contribution in [-0.4, -0.2) is 27.1 Å². The summed E-state index contributed by atoms with van der Waals surface area (Å²) >= 11 is 1.98. The third-order valence-corrected chi connectivity index (χ3v) is 7.11. The van der Waals surface area contributed by atoms with E-state index < -0.39 is 0 Å². The fraction of sp³-hybridized carbons (Fsp3) is 0.391. The van der Waals surface area contributed by atoms with Crippen molar-refractivity contribution >= 4 is 11.8 Å². The molecule has 1 aromatic carbocycles. The maximum atomic E-state index is 6.40. The van der Waals surface area contributed by atoms with E-state index in [1.54, 1.807) is 0 Å². The second kappa shape index (κ2) is 7.61. The van der Waals surface area contributed by atoms with Gasteiger partial charge >= 0.3 is 0 Å². The highest BCUT2D eigenvalue weighted by Crippen LogP contribution is 2.56. The first-order valence-electron chi connectivity index (χ1n) is 9.47. The first-order chi connectivity index (χ1) is 12.8. The lowest BCUT2D eigenvalue weighted by Gasteiger charge is -2.50. The molecule has 0 saturated carbocycles. The molecule has 0 aromatic heterocycles. The topological polar surface area (TPSA) is 41.3 Å². The molecule has 3 N–H and O–H groups in total. The molecule has 4 heteroatoms. The number of fused-ring (bicyclic) bond motifs is 1. The summed E-state index contributed by atoms with van der Waals surface area (Å²) in [7, 11) is 0. The predicted octanol–water partition coefficient (Wildman–Crippen LogP) is 4.73. The minimum Gasteiger partial charge on any atom is -0.376 e. The molecule has 4 atom stereocenters. The van der Waals surface area contributed by atoms with Crippen LogP contribution in [0.25, 0.3) is 0 Å². The van der Waals surface area contributed by atoms with Crippen LogP contribution in [0.4, 0.5) is 0 Å². The van der Waals surface area contributed by atoms with Crippen molar-refractivity contribution in [1.29, 1.82) is 0 Å². The average molecular weight is 382 g/mol. The Morgan fingerprint density at radius 3 is 2.63 bits per heavy atom. The summed E-state index contributed by atoms with van der Waals surface area (Å²) < 4.78 is 0.0885. The van der Waals surface area contributed by atoms with Gasteiger partial charge in [-0.2, -0.15) is 0 Å². The normalized spacial score (nSPS) is 26.7. The summed E-state index contributed by atoms with van der Waals surface area (Å²) in [5.74, 6) is 0. The molecular weight excluding hydrogens is 350 g/mol. The monoisotopic (exact) mass is 381 g/mol. The summed E-state index contributed by atoms with van der Waals surface area (Å²) in [4.78, 5) is 2.43. The van der Waals surface area contributed by atoms with Crippen LogP contribution in [0, 0.1) is 0 Å². The number of hydrogen-bond donors (Lipinski definition) is 2. The molecule has 2 aliphatic heterocycles. The number of allylic oxidation sites excluding steroid dienone is 1. The van der Waals surface area contributed by atoms with Gasteiger partial charge in [0.2, 0.25) is 0 Å². The first kappa shape index (κ1) is 19.8. The fourth-order valence-corrected chi connectivity index (χ4v) is 5.90. The zero-order chi connectivity index (χ0) is 19.8. The van der Waals surface area contributed by atoms with E-state index in [2.05, 4.69) is 50.4 Å². The molecule has 0 aliphatic carbocycles. The van der Waals surface area contributed by atoms with E-state index in [9.17, 15) is 0 Å². The molecule has 2 fully saturated rings. The zero-order valence-corrected chi connectivity index (χ0v) is 17.3. The number of rotatable bonds is 8. The number of nitrogens with zero attached hydrogens (tertiary/aromatic N) is 1. The van der Waals surface area contributed by atoms with Gasteiger partial charge in [0.1, 0.15) is 5.37 Å². The largest absolute Gasteiger partial charge is 0.376 e. The molecule has 27 heavy (non-hydrogen) atoms. The standard InChI is InChI=1S/C23H31N3S/c1-7-8-12-15(2)21-23(5,6)27-22-20(17(4)26(21)22)25-16(3)19(24)18-13-10-9-11-14-18/h7,9-11,13-14,19-22,25H,1-4,8,12,24H2,5-6H3. The minimum atomic E-state index is -0.231. The minimum absolute atomic E-state index is 0.0885. The van der Waals surface area contributed by atoms with E-state index in [0.717, 1.165) is 29.8 Å². The SMILES string of the molecule is C=CCCC(=C)C1N2C(=C)C(NC(=C)C(N)c3ccccc3)C2SC1(C)C. The lowest BCUT2D eigenvalue weighted by Crippen LogP contribution is -2.62. The fourth-order valence-electron chi connectivity index (χ4n) is 4.13. The number of nitrogens with two attached hydrogens (primary N) is 1. The van der Waals surface area contributed by atoms with Gasteiger partial charge in [-0.15, -0.1) is 18.3 Å². The Hall–Kier alpha value is -1.91. The van der Waals surface area contributed by atoms with Gasteiger partial charge in [-0.25, -0.2) is 0 Å². The van der Waals surface area contributed by atoms with E-state index in [1.165, 1.54) is 5.57 Å². The van der Waals surface area contributed by atoms with Crippen LogP contribution in [0.3, 0.4) is 0 Å². The van der Waals surface area contributed by atoms with Crippen molar-refractivity contribution in [2.45, 2.75) is 54.9 Å². The van der Waals surface area contributed by atoms with Crippen LogP contribution in [0.15, 0.2) is 79.7 Å². The van der Waals surface area contributed by atoms with Crippen molar-refractivity contribution in [1.82, 2.24) is 10.2 Å². The first-order valence-corrected chi connectivity index (χ1v) is 10.3. The van der Waals surface area contributed by atoms with E-state index in [1.807, 2.05) is 48.2 Å².